The standard InChI is InChI=1S/C22H26N4O5S2/c1-14-19(12-18(32-14)20-24-22(31-25-20)16-4-2-5-16)33(28,29)26-9-7-15(8-10-26)21(27)23-13-17-6-3-11-30-17/h3,6,11-12,15-16H,2,4-5,7-10,13H2,1H3,(H,23,27). The number of hydrogen-bond donors (Lipinski definition) is 1. The summed E-state index contributed by atoms with van der Waals surface area (Å²) in [6.45, 7) is 2.74. The van der Waals surface area contributed by atoms with Gasteiger partial charge in [0.25, 0.3) is 0 Å². The van der Waals surface area contributed by atoms with Crippen molar-refractivity contribution >= 4 is 27.3 Å². The number of thiophene rings is 1. The van der Waals surface area contributed by atoms with E-state index in [-0.39, 0.29) is 16.7 Å². The van der Waals surface area contributed by atoms with Gasteiger partial charge in [0, 0.05) is 29.8 Å². The molecule has 1 amide bonds. The Hall–Kier alpha value is -2.50. The fraction of sp³-hybridized carbons (Fsp3) is 0.500. The number of aryl methyl sites for hydroxylation is 1. The highest BCUT2D eigenvalue weighted by atomic mass is 32.2. The maximum atomic E-state index is 13.3. The van der Waals surface area contributed by atoms with Gasteiger partial charge in [-0.05, 0) is 50.8 Å². The summed E-state index contributed by atoms with van der Waals surface area (Å²) in [4.78, 5) is 18.6. The molecule has 0 aromatic carbocycles. The second-order valence-corrected chi connectivity index (χ2v) is 11.8. The first kappa shape index (κ1) is 22.3. The Morgan fingerprint density at radius 3 is 2.73 bits per heavy atom. The summed E-state index contributed by atoms with van der Waals surface area (Å²) in [5, 5.41) is 6.94. The summed E-state index contributed by atoms with van der Waals surface area (Å²) < 4.78 is 38.8. The van der Waals surface area contributed by atoms with Crippen molar-refractivity contribution in [1.82, 2.24) is 19.8 Å². The van der Waals surface area contributed by atoms with Crippen LogP contribution in [0.15, 0.2) is 38.3 Å². The molecular formula is C22H26N4O5S2. The van der Waals surface area contributed by atoms with Crippen molar-refractivity contribution in [3.8, 4) is 10.7 Å². The molecule has 9 nitrogen and oxygen atoms in total. The molecule has 0 spiro atoms. The van der Waals surface area contributed by atoms with Gasteiger partial charge in [-0.1, -0.05) is 11.6 Å². The Kier molecular flexibility index (Phi) is 6.11. The third kappa shape index (κ3) is 4.49. The fourth-order valence-corrected chi connectivity index (χ4v) is 7.17. The lowest BCUT2D eigenvalue weighted by Gasteiger charge is -2.30. The van der Waals surface area contributed by atoms with Gasteiger partial charge in [0.2, 0.25) is 27.6 Å². The third-order valence-corrected chi connectivity index (χ3v) is 9.65. The monoisotopic (exact) mass is 490 g/mol. The second-order valence-electron chi connectivity index (χ2n) is 8.59. The molecule has 176 valence electrons. The molecule has 33 heavy (non-hydrogen) atoms. The highest BCUT2D eigenvalue weighted by Gasteiger charge is 2.34. The number of rotatable bonds is 7. The van der Waals surface area contributed by atoms with Crippen molar-refractivity contribution in [2.45, 2.75) is 56.4 Å². The largest absolute Gasteiger partial charge is 0.467 e. The minimum absolute atomic E-state index is 0.0724. The number of furan rings is 1. The maximum absolute atomic E-state index is 13.3. The van der Waals surface area contributed by atoms with E-state index >= 15 is 0 Å². The molecule has 0 unspecified atom stereocenters. The van der Waals surface area contributed by atoms with Crippen LogP contribution in [0.3, 0.4) is 0 Å². The van der Waals surface area contributed by atoms with Crippen molar-refractivity contribution < 1.29 is 22.2 Å². The molecule has 0 bridgehead atoms. The lowest BCUT2D eigenvalue weighted by atomic mass is 9.85. The van der Waals surface area contributed by atoms with Gasteiger partial charge in [-0.15, -0.1) is 11.3 Å². The van der Waals surface area contributed by atoms with Gasteiger partial charge in [-0.2, -0.15) is 9.29 Å². The predicted molar refractivity (Wildman–Crippen MR) is 121 cm³/mol. The molecular weight excluding hydrogens is 464 g/mol. The number of nitrogens with one attached hydrogen (secondary N) is 1. The van der Waals surface area contributed by atoms with Gasteiger partial charge < -0.3 is 14.3 Å². The van der Waals surface area contributed by atoms with Crippen molar-refractivity contribution in [3.05, 3.63) is 41.0 Å². The van der Waals surface area contributed by atoms with E-state index in [1.165, 1.54) is 22.1 Å². The van der Waals surface area contributed by atoms with Gasteiger partial charge in [0.05, 0.1) is 22.6 Å². The van der Waals surface area contributed by atoms with Crippen LogP contribution in [0.1, 0.15) is 54.6 Å². The SMILES string of the molecule is Cc1sc(-c2noc(C3CCC3)n2)cc1S(=O)(=O)N1CCC(C(=O)NCc2ccco2)CC1. The molecule has 0 radical (unpaired) electrons. The molecule has 1 saturated heterocycles. The zero-order valence-corrected chi connectivity index (χ0v) is 20.0. The molecule has 1 N–H and O–H groups in total. The minimum atomic E-state index is -3.67. The van der Waals surface area contributed by atoms with E-state index in [9.17, 15) is 13.2 Å². The van der Waals surface area contributed by atoms with Crippen molar-refractivity contribution in [1.29, 1.82) is 0 Å². The Morgan fingerprint density at radius 2 is 2.06 bits per heavy atom. The molecule has 5 rings (SSSR count). The molecule has 2 aliphatic rings. The van der Waals surface area contributed by atoms with Crippen molar-refractivity contribution in [2.24, 2.45) is 5.92 Å². The molecule has 2 fully saturated rings. The maximum Gasteiger partial charge on any atom is 0.244 e. The summed E-state index contributed by atoms with van der Waals surface area (Å²) in [7, 11) is -3.67. The molecule has 11 heteroatoms. The summed E-state index contributed by atoms with van der Waals surface area (Å²) in [5.41, 5.74) is 0. The number of amides is 1. The first-order valence-electron chi connectivity index (χ1n) is 11.2. The molecule has 1 aliphatic heterocycles. The molecule has 3 aromatic rings. The Bertz CT molecular complexity index is 1220. The van der Waals surface area contributed by atoms with Crippen LogP contribution in [0.4, 0.5) is 0 Å². The Balaban J connectivity index is 1.23. The normalized spacial score (nSPS) is 18.3. The van der Waals surface area contributed by atoms with Gasteiger partial charge in [0.1, 0.15) is 5.76 Å². The van der Waals surface area contributed by atoms with E-state index in [0.29, 0.717) is 65.6 Å². The zero-order valence-electron chi connectivity index (χ0n) is 18.3. The van der Waals surface area contributed by atoms with Crippen LogP contribution in [0.2, 0.25) is 0 Å². The van der Waals surface area contributed by atoms with Crippen molar-refractivity contribution in [3.63, 3.8) is 0 Å². The molecule has 0 atom stereocenters. The van der Waals surface area contributed by atoms with Crippen LogP contribution in [0.5, 0.6) is 0 Å². The summed E-state index contributed by atoms with van der Waals surface area (Å²) in [5.74, 6) is 1.81. The van der Waals surface area contributed by atoms with E-state index in [1.807, 2.05) is 0 Å². The van der Waals surface area contributed by atoms with E-state index in [0.717, 1.165) is 12.8 Å². The quantitative estimate of drug-likeness (QED) is 0.536. The molecule has 1 saturated carbocycles. The highest BCUT2D eigenvalue weighted by Crippen LogP contribution is 2.38. The predicted octanol–water partition coefficient (Wildman–Crippen LogP) is 3.68. The van der Waals surface area contributed by atoms with Crippen LogP contribution in [0.25, 0.3) is 10.7 Å². The van der Waals surface area contributed by atoms with Gasteiger partial charge in [-0.25, -0.2) is 8.42 Å². The van der Waals surface area contributed by atoms with E-state index in [4.69, 9.17) is 8.94 Å². The van der Waals surface area contributed by atoms with E-state index < -0.39 is 10.0 Å². The van der Waals surface area contributed by atoms with E-state index in [1.54, 1.807) is 31.4 Å². The second kappa shape index (κ2) is 9.03. The Labute approximate surface area is 196 Å². The van der Waals surface area contributed by atoms with Crippen LogP contribution in [0, 0.1) is 12.8 Å². The first-order valence-corrected chi connectivity index (χ1v) is 13.4. The van der Waals surface area contributed by atoms with Crippen LogP contribution < -0.4 is 5.32 Å². The average molecular weight is 491 g/mol. The summed E-state index contributed by atoms with van der Waals surface area (Å²) in [6.07, 6.45) is 5.81. The highest BCUT2D eigenvalue weighted by molar-refractivity contribution is 7.89. The zero-order chi connectivity index (χ0) is 23.0. The van der Waals surface area contributed by atoms with Crippen molar-refractivity contribution in [2.75, 3.05) is 13.1 Å². The number of sulfonamides is 1. The molecule has 1 aliphatic carbocycles. The lowest BCUT2D eigenvalue weighted by molar-refractivity contribution is -0.126. The minimum Gasteiger partial charge on any atom is -0.467 e. The van der Waals surface area contributed by atoms with Crippen LogP contribution in [-0.4, -0.2) is 41.9 Å². The van der Waals surface area contributed by atoms with Gasteiger partial charge in [0.15, 0.2) is 0 Å². The van der Waals surface area contributed by atoms with Gasteiger partial charge >= 0.3 is 0 Å². The number of piperidine rings is 1. The third-order valence-electron chi connectivity index (χ3n) is 6.45. The summed E-state index contributed by atoms with van der Waals surface area (Å²) >= 11 is 1.36. The van der Waals surface area contributed by atoms with Gasteiger partial charge in [-0.3, -0.25) is 4.79 Å². The Morgan fingerprint density at radius 1 is 1.27 bits per heavy atom. The first-order chi connectivity index (χ1) is 15.9. The van der Waals surface area contributed by atoms with Crippen LogP contribution >= 0.6 is 11.3 Å². The van der Waals surface area contributed by atoms with Crippen LogP contribution in [-0.2, 0) is 21.4 Å². The molecule has 3 aromatic heterocycles. The average Bonchev–Trinajstić information content (AvgIpc) is 3.52. The number of hydrogen-bond acceptors (Lipinski definition) is 8. The smallest absolute Gasteiger partial charge is 0.244 e. The topological polar surface area (TPSA) is 119 Å². The number of carbonyl (C=O) groups is 1. The number of carbonyl (C=O) groups excluding carboxylic acids is 1. The lowest BCUT2D eigenvalue weighted by Crippen LogP contribution is -2.42. The fourth-order valence-electron chi connectivity index (χ4n) is 4.22. The summed E-state index contributed by atoms with van der Waals surface area (Å²) in [6, 6.07) is 5.22. The van der Waals surface area contributed by atoms with E-state index in [2.05, 4.69) is 15.5 Å². The number of nitrogens with zero attached hydrogens (tertiary/aromatic N) is 3. The molecule has 4 heterocycles. The number of aromatic nitrogens is 2.